The van der Waals surface area contributed by atoms with Gasteiger partial charge in [0.1, 0.15) is 6.04 Å². The number of amides is 1. The van der Waals surface area contributed by atoms with Crippen LogP contribution in [0.5, 0.6) is 0 Å². The highest BCUT2D eigenvalue weighted by molar-refractivity contribution is 7.89. The number of aryl methyl sites for hydroxylation is 1. The molecule has 0 saturated heterocycles. The van der Waals surface area contributed by atoms with Crippen LogP contribution in [0.25, 0.3) is 0 Å². The number of hydrogen-bond acceptors (Lipinski definition) is 4. The van der Waals surface area contributed by atoms with E-state index in [0.717, 1.165) is 12.8 Å². The monoisotopic (exact) mass is 382 g/mol. The van der Waals surface area contributed by atoms with Gasteiger partial charge in [-0.1, -0.05) is 32.8 Å². The van der Waals surface area contributed by atoms with Crippen molar-refractivity contribution in [3.63, 3.8) is 0 Å². The second-order valence-corrected chi connectivity index (χ2v) is 8.52. The van der Waals surface area contributed by atoms with Crippen LogP contribution < -0.4 is 5.32 Å². The van der Waals surface area contributed by atoms with Gasteiger partial charge in [-0.2, -0.15) is 4.31 Å². The summed E-state index contributed by atoms with van der Waals surface area (Å²) < 4.78 is 26.9. The number of sulfonamides is 1. The first kappa shape index (κ1) is 20.4. The molecule has 1 aliphatic carbocycles. The fourth-order valence-electron chi connectivity index (χ4n) is 2.87. The van der Waals surface area contributed by atoms with Crippen LogP contribution in [0.15, 0.2) is 23.1 Å². The summed E-state index contributed by atoms with van der Waals surface area (Å²) in [6, 6.07) is 3.46. The van der Waals surface area contributed by atoms with E-state index in [1.54, 1.807) is 26.8 Å². The maximum Gasteiger partial charge on any atom is 0.326 e. The van der Waals surface area contributed by atoms with Crippen LogP contribution in [0.4, 0.5) is 0 Å². The molecule has 1 saturated carbocycles. The van der Waals surface area contributed by atoms with Crippen LogP contribution in [-0.4, -0.2) is 48.8 Å². The molecule has 0 bridgehead atoms. The second kappa shape index (κ2) is 8.18. The summed E-state index contributed by atoms with van der Waals surface area (Å²) >= 11 is 0. The Labute approximate surface area is 154 Å². The average molecular weight is 382 g/mol. The van der Waals surface area contributed by atoms with Gasteiger partial charge < -0.3 is 10.4 Å². The van der Waals surface area contributed by atoms with Crippen molar-refractivity contribution >= 4 is 21.9 Å². The maximum atomic E-state index is 12.8. The molecular weight excluding hydrogens is 356 g/mol. The molecule has 7 nitrogen and oxygen atoms in total. The molecule has 1 unspecified atom stereocenters. The van der Waals surface area contributed by atoms with E-state index < -0.39 is 27.9 Å². The number of benzene rings is 1. The highest BCUT2D eigenvalue weighted by atomic mass is 32.2. The summed E-state index contributed by atoms with van der Waals surface area (Å²) in [5.74, 6) is -1.31. The summed E-state index contributed by atoms with van der Waals surface area (Å²) in [6.45, 7) is 5.84. The van der Waals surface area contributed by atoms with Gasteiger partial charge in [-0.3, -0.25) is 4.79 Å². The van der Waals surface area contributed by atoms with Crippen molar-refractivity contribution in [3.05, 3.63) is 29.3 Å². The molecule has 144 valence electrons. The predicted molar refractivity (Wildman–Crippen MR) is 97.5 cm³/mol. The topological polar surface area (TPSA) is 104 Å². The van der Waals surface area contributed by atoms with E-state index in [1.165, 1.54) is 16.4 Å². The highest BCUT2D eigenvalue weighted by Gasteiger charge is 2.31. The number of carboxylic acids is 1. The summed E-state index contributed by atoms with van der Waals surface area (Å²) in [4.78, 5) is 23.9. The smallest absolute Gasteiger partial charge is 0.326 e. The van der Waals surface area contributed by atoms with E-state index in [9.17, 15) is 23.1 Å². The van der Waals surface area contributed by atoms with Crippen molar-refractivity contribution in [2.75, 3.05) is 13.1 Å². The van der Waals surface area contributed by atoms with Crippen molar-refractivity contribution in [1.29, 1.82) is 0 Å². The summed E-state index contributed by atoms with van der Waals surface area (Å²) in [7, 11) is -3.70. The highest BCUT2D eigenvalue weighted by Crippen LogP contribution is 2.33. The van der Waals surface area contributed by atoms with Gasteiger partial charge in [0.05, 0.1) is 4.90 Å². The molecule has 1 fully saturated rings. The van der Waals surface area contributed by atoms with E-state index in [1.807, 2.05) is 0 Å². The molecule has 0 heterocycles. The molecule has 8 heteroatoms. The van der Waals surface area contributed by atoms with Crippen LogP contribution in [0.2, 0.25) is 0 Å². The zero-order valence-corrected chi connectivity index (χ0v) is 16.2. The second-order valence-electron chi connectivity index (χ2n) is 6.61. The Bertz CT molecular complexity index is 783. The lowest BCUT2D eigenvalue weighted by atomic mass is 10.1. The first-order valence-electron chi connectivity index (χ1n) is 8.85. The van der Waals surface area contributed by atoms with E-state index in [4.69, 9.17) is 0 Å². The van der Waals surface area contributed by atoms with E-state index in [-0.39, 0.29) is 10.5 Å². The molecule has 1 aromatic carbocycles. The first-order valence-corrected chi connectivity index (χ1v) is 10.3. The Morgan fingerprint density at radius 1 is 1.27 bits per heavy atom. The van der Waals surface area contributed by atoms with Gasteiger partial charge in [0.2, 0.25) is 10.0 Å². The molecule has 2 N–H and O–H groups in total. The fourth-order valence-corrected chi connectivity index (χ4v) is 4.58. The third kappa shape index (κ3) is 4.62. The zero-order chi connectivity index (χ0) is 19.5. The van der Waals surface area contributed by atoms with Crippen LogP contribution in [-0.2, 0) is 14.8 Å². The van der Waals surface area contributed by atoms with Crippen LogP contribution in [0.3, 0.4) is 0 Å². The molecule has 0 aromatic heterocycles. The van der Waals surface area contributed by atoms with Crippen LogP contribution in [0.1, 0.15) is 49.0 Å². The molecular formula is C18H26N2O5S. The molecule has 0 radical (unpaired) electrons. The van der Waals surface area contributed by atoms with E-state index in [2.05, 4.69) is 5.32 Å². The molecule has 2 rings (SSSR count). The number of carbonyl (C=O) groups excluding carboxylic acids is 1. The van der Waals surface area contributed by atoms with Gasteiger partial charge in [-0.15, -0.1) is 0 Å². The zero-order valence-electron chi connectivity index (χ0n) is 15.4. The molecule has 1 atom stereocenters. The molecule has 26 heavy (non-hydrogen) atoms. The Hall–Kier alpha value is -1.93. The lowest BCUT2D eigenvalue weighted by Gasteiger charge is -2.20. The Morgan fingerprint density at radius 2 is 1.88 bits per heavy atom. The minimum absolute atomic E-state index is 0.0721. The van der Waals surface area contributed by atoms with Gasteiger partial charge >= 0.3 is 5.97 Å². The SMILES string of the molecule is CCN(CC)S(=O)(=O)c1cc(C(=O)NC(CC2CC2)C(=O)O)ccc1C. The molecule has 1 aliphatic rings. The number of aliphatic carboxylic acids is 1. The third-order valence-corrected chi connectivity index (χ3v) is 6.83. The van der Waals surface area contributed by atoms with Crippen LogP contribution in [0, 0.1) is 12.8 Å². The summed E-state index contributed by atoms with van der Waals surface area (Å²) in [5, 5.41) is 11.8. The summed E-state index contributed by atoms with van der Waals surface area (Å²) in [5.41, 5.74) is 0.685. The van der Waals surface area contributed by atoms with E-state index in [0.29, 0.717) is 31.0 Å². The van der Waals surface area contributed by atoms with Gasteiger partial charge in [0, 0.05) is 18.7 Å². The molecule has 0 aliphatic heterocycles. The van der Waals surface area contributed by atoms with Crippen molar-refractivity contribution in [3.8, 4) is 0 Å². The van der Waals surface area contributed by atoms with Gasteiger partial charge in [-0.05, 0) is 37.0 Å². The van der Waals surface area contributed by atoms with Crippen molar-refractivity contribution in [2.24, 2.45) is 5.92 Å². The predicted octanol–water partition coefficient (Wildman–Crippen LogP) is 2.01. The largest absolute Gasteiger partial charge is 0.480 e. The van der Waals surface area contributed by atoms with Gasteiger partial charge in [-0.25, -0.2) is 13.2 Å². The fraction of sp³-hybridized carbons (Fsp3) is 0.556. The Kier molecular flexibility index (Phi) is 6.41. The van der Waals surface area contributed by atoms with E-state index >= 15 is 0 Å². The average Bonchev–Trinajstić information content (AvgIpc) is 3.39. The minimum Gasteiger partial charge on any atom is -0.480 e. The molecule has 1 aromatic rings. The lowest BCUT2D eigenvalue weighted by Crippen LogP contribution is -2.41. The van der Waals surface area contributed by atoms with Gasteiger partial charge in [0.25, 0.3) is 5.91 Å². The van der Waals surface area contributed by atoms with Crippen molar-refractivity contribution in [2.45, 2.75) is 51.0 Å². The number of carbonyl (C=O) groups is 2. The Morgan fingerprint density at radius 3 is 2.38 bits per heavy atom. The third-order valence-electron chi connectivity index (χ3n) is 4.64. The number of rotatable bonds is 9. The quantitative estimate of drug-likeness (QED) is 0.680. The molecule has 1 amide bonds. The first-order chi connectivity index (χ1) is 12.2. The summed E-state index contributed by atoms with van der Waals surface area (Å²) in [6.07, 6.45) is 2.37. The Balaban J connectivity index is 2.27. The number of nitrogens with zero attached hydrogens (tertiary/aromatic N) is 1. The maximum absolute atomic E-state index is 12.8. The number of carboxylic acid groups (broad SMARTS) is 1. The van der Waals surface area contributed by atoms with Crippen molar-refractivity contribution < 1.29 is 23.1 Å². The van der Waals surface area contributed by atoms with Crippen molar-refractivity contribution in [1.82, 2.24) is 9.62 Å². The van der Waals surface area contributed by atoms with Crippen LogP contribution >= 0.6 is 0 Å². The minimum atomic E-state index is -3.70. The number of nitrogens with one attached hydrogen (secondary N) is 1. The lowest BCUT2D eigenvalue weighted by molar-refractivity contribution is -0.139. The standard InChI is InChI=1S/C18H26N2O5S/c1-4-20(5-2)26(24,25)16-11-14(9-6-12(16)3)17(21)19-15(18(22)23)10-13-7-8-13/h6,9,11,13,15H,4-5,7-8,10H2,1-3H3,(H,19,21)(H,22,23). The normalized spacial score (nSPS) is 15.7. The number of hydrogen-bond donors (Lipinski definition) is 2. The molecule has 0 spiro atoms. The van der Waals surface area contributed by atoms with Gasteiger partial charge in [0.15, 0.2) is 0 Å².